The maximum atomic E-state index is 12.5. The summed E-state index contributed by atoms with van der Waals surface area (Å²) < 4.78 is 33.3. The van der Waals surface area contributed by atoms with E-state index in [-0.39, 0.29) is 6.04 Å². The molecule has 3 aromatic rings. The summed E-state index contributed by atoms with van der Waals surface area (Å²) in [4.78, 5) is 9.55. The van der Waals surface area contributed by atoms with Crippen molar-refractivity contribution in [3.05, 3.63) is 65.8 Å². The Hall–Kier alpha value is -3.23. The highest BCUT2D eigenvalue weighted by molar-refractivity contribution is 7.89. The molecule has 2 aliphatic rings. The van der Waals surface area contributed by atoms with Crippen molar-refractivity contribution in [3.63, 3.8) is 0 Å². The lowest BCUT2D eigenvalue weighted by atomic mass is 9.82. The van der Waals surface area contributed by atoms with E-state index in [1.807, 2.05) is 24.3 Å². The SMILES string of the molecule is N#CC1(CNc2cccc(-c3cc(N[C@H]4CC[C@H](CNS(=O)(=O)c5ccccc5)CC4)ncc3Cl)n2)CCOCC1. The largest absolute Gasteiger partial charge is 0.381 e. The minimum absolute atomic E-state index is 0.237. The van der Waals surface area contributed by atoms with E-state index in [0.29, 0.717) is 60.8 Å². The molecule has 0 amide bonds. The first kappa shape index (κ1) is 29.3. The fraction of sp³-hybridized carbons (Fsp3) is 0.433. The molecular weight excluding hydrogens is 560 g/mol. The van der Waals surface area contributed by atoms with Gasteiger partial charge in [-0.15, -0.1) is 0 Å². The van der Waals surface area contributed by atoms with Gasteiger partial charge in [-0.3, -0.25) is 0 Å². The van der Waals surface area contributed by atoms with Gasteiger partial charge < -0.3 is 15.4 Å². The topological polar surface area (TPSA) is 129 Å². The third-order valence-corrected chi connectivity index (χ3v) is 9.73. The van der Waals surface area contributed by atoms with Crippen molar-refractivity contribution in [2.45, 2.75) is 49.5 Å². The van der Waals surface area contributed by atoms with Crippen LogP contribution in [-0.4, -0.2) is 50.7 Å². The summed E-state index contributed by atoms with van der Waals surface area (Å²) in [6.07, 6.45) is 6.71. The van der Waals surface area contributed by atoms with Gasteiger partial charge in [-0.25, -0.2) is 23.1 Å². The zero-order chi connectivity index (χ0) is 28.7. The van der Waals surface area contributed by atoms with Gasteiger partial charge >= 0.3 is 0 Å². The van der Waals surface area contributed by atoms with Crippen LogP contribution in [0.15, 0.2) is 65.7 Å². The lowest BCUT2D eigenvalue weighted by Gasteiger charge is -2.30. The van der Waals surface area contributed by atoms with Gasteiger partial charge in [-0.1, -0.05) is 35.9 Å². The van der Waals surface area contributed by atoms with Gasteiger partial charge in [0.15, 0.2) is 0 Å². The van der Waals surface area contributed by atoms with E-state index in [4.69, 9.17) is 21.3 Å². The number of nitrogens with zero attached hydrogens (tertiary/aromatic N) is 3. The molecule has 1 saturated carbocycles. The molecule has 0 radical (unpaired) electrons. The van der Waals surface area contributed by atoms with Crippen LogP contribution in [0.3, 0.4) is 0 Å². The van der Waals surface area contributed by atoms with Gasteiger partial charge in [0.25, 0.3) is 0 Å². The van der Waals surface area contributed by atoms with Crippen molar-refractivity contribution < 1.29 is 13.2 Å². The fourth-order valence-corrected chi connectivity index (χ4v) is 6.72. The van der Waals surface area contributed by atoms with E-state index in [1.165, 1.54) is 0 Å². The predicted molar refractivity (Wildman–Crippen MR) is 160 cm³/mol. The Kier molecular flexibility index (Phi) is 9.40. The van der Waals surface area contributed by atoms with Gasteiger partial charge in [0.1, 0.15) is 11.6 Å². The Morgan fingerprint density at radius 1 is 1.02 bits per heavy atom. The van der Waals surface area contributed by atoms with Crippen LogP contribution in [0.2, 0.25) is 5.02 Å². The lowest BCUT2D eigenvalue weighted by Crippen LogP contribution is -2.34. The number of aromatic nitrogens is 2. The van der Waals surface area contributed by atoms with Crippen molar-refractivity contribution in [1.82, 2.24) is 14.7 Å². The second-order valence-electron chi connectivity index (χ2n) is 10.8. The molecule has 3 N–H and O–H groups in total. The van der Waals surface area contributed by atoms with E-state index in [1.54, 1.807) is 36.5 Å². The molecule has 41 heavy (non-hydrogen) atoms. The average molecular weight is 595 g/mol. The van der Waals surface area contributed by atoms with Crippen molar-refractivity contribution in [1.29, 1.82) is 5.26 Å². The smallest absolute Gasteiger partial charge is 0.240 e. The van der Waals surface area contributed by atoms with Crippen LogP contribution in [0.1, 0.15) is 38.5 Å². The fourth-order valence-electron chi connectivity index (χ4n) is 5.38. The van der Waals surface area contributed by atoms with E-state index >= 15 is 0 Å². The molecule has 3 heterocycles. The van der Waals surface area contributed by atoms with Crippen LogP contribution in [0.4, 0.5) is 11.6 Å². The Bertz CT molecular complexity index is 1470. The summed E-state index contributed by atoms with van der Waals surface area (Å²) in [6, 6.07) is 18.8. The summed E-state index contributed by atoms with van der Waals surface area (Å²) in [5.41, 5.74) is 1.04. The molecule has 0 unspecified atom stereocenters. The Morgan fingerprint density at radius 3 is 2.51 bits per heavy atom. The normalized spacial score (nSPS) is 20.6. The summed E-state index contributed by atoms with van der Waals surface area (Å²) in [7, 11) is -3.49. The number of hydrogen-bond donors (Lipinski definition) is 3. The summed E-state index contributed by atoms with van der Waals surface area (Å²) in [5.74, 6) is 1.71. The number of pyridine rings is 2. The van der Waals surface area contributed by atoms with Gasteiger partial charge in [-0.05, 0) is 74.8 Å². The first-order valence-corrected chi connectivity index (χ1v) is 15.9. The van der Waals surface area contributed by atoms with Gasteiger partial charge in [-0.2, -0.15) is 5.26 Å². The highest BCUT2D eigenvalue weighted by atomic mass is 35.5. The van der Waals surface area contributed by atoms with Gasteiger partial charge in [0.05, 0.1) is 27.1 Å². The maximum Gasteiger partial charge on any atom is 0.240 e. The van der Waals surface area contributed by atoms with Gasteiger partial charge in [0.2, 0.25) is 10.0 Å². The van der Waals surface area contributed by atoms with E-state index in [0.717, 1.165) is 42.8 Å². The highest BCUT2D eigenvalue weighted by Gasteiger charge is 2.32. The zero-order valence-electron chi connectivity index (χ0n) is 22.9. The number of nitriles is 1. The molecule has 0 bridgehead atoms. The molecule has 2 aromatic heterocycles. The van der Waals surface area contributed by atoms with Crippen LogP contribution in [0.5, 0.6) is 0 Å². The minimum atomic E-state index is -3.49. The first-order chi connectivity index (χ1) is 19.9. The number of nitrogens with one attached hydrogen (secondary N) is 3. The van der Waals surface area contributed by atoms with E-state index < -0.39 is 15.4 Å². The van der Waals surface area contributed by atoms with Crippen LogP contribution in [-0.2, 0) is 14.8 Å². The number of anilines is 2. The number of rotatable bonds is 10. The lowest BCUT2D eigenvalue weighted by molar-refractivity contribution is 0.0455. The monoisotopic (exact) mass is 594 g/mol. The maximum absolute atomic E-state index is 12.5. The zero-order valence-corrected chi connectivity index (χ0v) is 24.4. The molecule has 1 saturated heterocycles. The van der Waals surface area contributed by atoms with E-state index in [9.17, 15) is 13.7 Å². The number of hydrogen-bond acceptors (Lipinski definition) is 8. The molecule has 216 valence electrons. The predicted octanol–water partition coefficient (Wildman–Crippen LogP) is 5.48. The van der Waals surface area contributed by atoms with Crippen LogP contribution in [0, 0.1) is 22.7 Å². The number of ether oxygens (including phenoxy) is 1. The summed E-state index contributed by atoms with van der Waals surface area (Å²) >= 11 is 6.54. The standard InChI is InChI=1S/C30H35ClN6O3S/c31-26-19-33-29(36-23-11-9-22(10-12-23)18-35-41(38,39)24-5-2-1-3-6-24)17-25(26)27-7-4-8-28(37-27)34-21-30(20-32)13-15-40-16-14-30/h1-8,17,19,22-23,35H,9-16,18,21H2,(H,33,36)(H,34,37)/t22-,23-. The van der Waals surface area contributed by atoms with Crippen molar-refractivity contribution >= 4 is 33.3 Å². The quantitative estimate of drug-likeness (QED) is 0.281. The first-order valence-electron chi connectivity index (χ1n) is 14.0. The second-order valence-corrected chi connectivity index (χ2v) is 13.0. The summed E-state index contributed by atoms with van der Waals surface area (Å²) in [5, 5.41) is 17.1. The average Bonchev–Trinajstić information content (AvgIpc) is 3.02. The highest BCUT2D eigenvalue weighted by Crippen LogP contribution is 2.33. The third-order valence-electron chi connectivity index (χ3n) is 7.99. The molecule has 2 fully saturated rings. The molecule has 1 aliphatic heterocycles. The number of halogens is 1. The molecule has 1 aromatic carbocycles. The number of benzene rings is 1. The van der Waals surface area contributed by atoms with Crippen molar-refractivity contribution in [3.8, 4) is 17.3 Å². The summed E-state index contributed by atoms with van der Waals surface area (Å²) in [6.45, 7) is 2.14. The third kappa shape index (κ3) is 7.54. The Morgan fingerprint density at radius 2 is 1.78 bits per heavy atom. The van der Waals surface area contributed by atoms with E-state index in [2.05, 4.69) is 26.4 Å². The molecule has 1 aliphatic carbocycles. The Labute approximate surface area is 246 Å². The number of sulfonamides is 1. The van der Waals surface area contributed by atoms with Crippen molar-refractivity contribution in [2.24, 2.45) is 11.3 Å². The second kappa shape index (κ2) is 13.2. The minimum Gasteiger partial charge on any atom is -0.381 e. The van der Waals surface area contributed by atoms with Crippen LogP contribution >= 0.6 is 11.6 Å². The molecule has 9 nitrogen and oxygen atoms in total. The Balaban J connectivity index is 1.16. The molecule has 5 rings (SSSR count). The molecule has 11 heteroatoms. The molecular formula is C30H35ClN6O3S. The molecule has 0 spiro atoms. The van der Waals surface area contributed by atoms with Crippen LogP contribution < -0.4 is 15.4 Å². The van der Waals surface area contributed by atoms with Crippen molar-refractivity contribution in [2.75, 3.05) is 36.9 Å². The van der Waals surface area contributed by atoms with Gasteiger partial charge in [0, 0.05) is 44.1 Å². The molecule has 0 atom stereocenters. The van der Waals surface area contributed by atoms with Crippen LogP contribution in [0.25, 0.3) is 11.3 Å².